The molecule has 1 fully saturated rings. The number of ketones is 1. The Labute approximate surface area is 384 Å². The van der Waals surface area contributed by atoms with Gasteiger partial charge in [-0.1, -0.05) is 61.7 Å². The number of amides is 3. The van der Waals surface area contributed by atoms with Crippen LogP contribution in [0.4, 0.5) is 0 Å². The lowest BCUT2D eigenvalue weighted by Gasteiger charge is -2.25. The molecule has 8 rings (SSSR count). The summed E-state index contributed by atoms with van der Waals surface area (Å²) in [7, 11) is 0. The summed E-state index contributed by atoms with van der Waals surface area (Å²) in [6.07, 6.45) is 6.83. The number of carboxylic acid groups (broad SMARTS) is 2. The predicted molar refractivity (Wildman–Crippen MR) is 248 cm³/mol. The Bertz CT molecular complexity index is 2940. The fraction of sp³-hybridized carbons (Fsp3) is 0.235. The van der Waals surface area contributed by atoms with Gasteiger partial charge in [-0.2, -0.15) is 0 Å². The number of rotatable bonds is 19. The summed E-state index contributed by atoms with van der Waals surface area (Å²) >= 11 is 0. The largest absolute Gasteiger partial charge is 0.484 e. The van der Waals surface area contributed by atoms with E-state index in [0.29, 0.717) is 56.0 Å². The highest BCUT2D eigenvalue weighted by Gasteiger charge is 2.26. The van der Waals surface area contributed by atoms with Crippen molar-refractivity contribution in [1.82, 2.24) is 30.5 Å². The van der Waals surface area contributed by atoms with Crippen molar-refractivity contribution in [2.24, 2.45) is 0 Å². The van der Waals surface area contributed by atoms with Crippen LogP contribution in [-0.2, 0) is 20.8 Å². The third-order valence-corrected chi connectivity index (χ3v) is 11.7. The van der Waals surface area contributed by atoms with Crippen molar-refractivity contribution in [2.45, 2.75) is 50.6 Å². The van der Waals surface area contributed by atoms with Gasteiger partial charge in [0.2, 0.25) is 0 Å². The van der Waals surface area contributed by atoms with E-state index in [1.807, 2.05) is 24.3 Å². The van der Waals surface area contributed by atoms with Crippen molar-refractivity contribution in [1.29, 1.82) is 0 Å². The molecule has 0 spiro atoms. The van der Waals surface area contributed by atoms with Crippen molar-refractivity contribution < 1.29 is 48.5 Å². The van der Waals surface area contributed by atoms with E-state index in [2.05, 4.69) is 25.5 Å². The zero-order valence-corrected chi connectivity index (χ0v) is 36.3. The molecule has 0 aliphatic heterocycles. The zero-order valence-electron chi connectivity index (χ0n) is 36.3. The summed E-state index contributed by atoms with van der Waals surface area (Å²) in [6.45, 7) is -0.408. The normalized spacial score (nSPS) is 13.1. The van der Waals surface area contributed by atoms with Gasteiger partial charge in [-0.3, -0.25) is 19.2 Å². The molecule has 1 saturated carbocycles. The molecule has 0 radical (unpaired) electrons. The molecule has 0 bridgehead atoms. The highest BCUT2D eigenvalue weighted by atomic mass is 16.5. The van der Waals surface area contributed by atoms with Crippen LogP contribution in [0.2, 0.25) is 0 Å². The van der Waals surface area contributed by atoms with Gasteiger partial charge >= 0.3 is 11.9 Å². The molecule has 2 aromatic heterocycles. The minimum absolute atomic E-state index is 0.0468. The van der Waals surface area contributed by atoms with E-state index in [0.717, 1.165) is 43.2 Å². The highest BCUT2D eigenvalue weighted by molar-refractivity contribution is 6.09. The Hall–Kier alpha value is -8.27. The van der Waals surface area contributed by atoms with E-state index < -0.39 is 30.5 Å². The van der Waals surface area contributed by atoms with Gasteiger partial charge in [0.1, 0.15) is 23.4 Å². The Balaban J connectivity index is 0.876. The number of hydrogen-bond acceptors (Lipinski definition) is 9. The number of carbonyl (C=O) groups is 6. The molecule has 7 aromatic rings. The van der Waals surface area contributed by atoms with Crippen molar-refractivity contribution >= 4 is 57.4 Å². The standard InChI is InChI=1S/C51H48N6O10/c58-45(52-23-24-53-49(62)34-13-11-32(12-14-34)47(61)31-7-3-1-4-8-31)29-66-38-18-15-33(16-19-38)48-55-42-25-35(17-22-44(42)57(48)37-9-5-2-6-10-37)50(63)56-43(51(64)65)26-36-28-54-41-21-20-39(27-40(36)41)67-30-46(59)60/h1,3-4,7-8,11-22,25,27-28,37,43,54H,2,5-6,9-10,23-24,26,29-30H2,(H,52,58)(H,53,62)(H,56,63)(H,59,60)(H,64,65)/t43-/m0/s1. The third-order valence-electron chi connectivity index (χ3n) is 11.7. The monoisotopic (exact) mass is 904 g/mol. The zero-order chi connectivity index (χ0) is 46.9. The number of nitrogens with zero attached hydrogens (tertiary/aromatic N) is 2. The van der Waals surface area contributed by atoms with Crippen LogP contribution in [0.5, 0.6) is 11.5 Å². The molecule has 0 saturated heterocycles. The number of aromatic nitrogens is 3. The van der Waals surface area contributed by atoms with Crippen molar-refractivity contribution in [3.63, 3.8) is 0 Å². The van der Waals surface area contributed by atoms with Crippen LogP contribution in [0.3, 0.4) is 0 Å². The van der Waals surface area contributed by atoms with Crippen LogP contribution in [-0.4, -0.2) is 92.5 Å². The number of carboxylic acids is 2. The van der Waals surface area contributed by atoms with Crippen LogP contribution >= 0.6 is 0 Å². The van der Waals surface area contributed by atoms with Crippen LogP contribution in [0.25, 0.3) is 33.3 Å². The second-order valence-electron chi connectivity index (χ2n) is 16.3. The lowest BCUT2D eigenvalue weighted by atomic mass is 9.94. The minimum Gasteiger partial charge on any atom is -0.484 e. The number of H-pyrrole nitrogens is 1. The van der Waals surface area contributed by atoms with Crippen LogP contribution in [0, 0.1) is 0 Å². The van der Waals surface area contributed by atoms with Gasteiger partial charge < -0.3 is 45.2 Å². The molecule has 6 N–H and O–H groups in total. The molecule has 16 heteroatoms. The van der Waals surface area contributed by atoms with Gasteiger partial charge in [0.15, 0.2) is 19.0 Å². The van der Waals surface area contributed by atoms with Gasteiger partial charge in [-0.15, -0.1) is 0 Å². The van der Waals surface area contributed by atoms with E-state index in [4.69, 9.17) is 19.6 Å². The van der Waals surface area contributed by atoms with Crippen LogP contribution in [0.1, 0.15) is 80.3 Å². The number of fused-ring (bicyclic) bond motifs is 2. The lowest BCUT2D eigenvalue weighted by Crippen LogP contribution is -2.42. The SMILES string of the molecule is O=C(O)COc1ccc2[nH]cc(C[C@H](NC(=O)c3ccc4c(c3)nc(-c3ccc(OCC(=O)NCCNC(=O)c5ccc(C(=O)c6ccccc6)cc5)cc3)n4C3CCCCC3)C(=O)O)c2c1. The molecule has 342 valence electrons. The molecule has 1 aliphatic carbocycles. The maximum absolute atomic E-state index is 13.7. The number of carbonyl (C=O) groups excluding carboxylic acids is 4. The first-order valence-corrected chi connectivity index (χ1v) is 22.0. The minimum atomic E-state index is -1.28. The van der Waals surface area contributed by atoms with Gasteiger partial charge in [0, 0.05) is 70.5 Å². The maximum atomic E-state index is 13.7. The van der Waals surface area contributed by atoms with Gasteiger partial charge in [0.05, 0.1) is 11.0 Å². The number of nitrogens with one attached hydrogen (secondary N) is 4. The Kier molecular flexibility index (Phi) is 14.0. The smallest absolute Gasteiger partial charge is 0.341 e. The first-order chi connectivity index (χ1) is 32.5. The fourth-order valence-corrected chi connectivity index (χ4v) is 8.28. The summed E-state index contributed by atoms with van der Waals surface area (Å²) in [6, 6.07) is 31.6. The predicted octanol–water partition coefficient (Wildman–Crippen LogP) is 6.73. The molecule has 67 heavy (non-hydrogen) atoms. The molecule has 2 heterocycles. The lowest BCUT2D eigenvalue weighted by molar-refractivity contribution is -0.140. The summed E-state index contributed by atoms with van der Waals surface area (Å²) < 4.78 is 13.3. The molecule has 16 nitrogen and oxygen atoms in total. The molecule has 5 aromatic carbocycles. The number of imidazole rings is 1. The molecule has 0 unspecified atom stereocenters. The molecule has 1 atom stereocenters. The summed E-state index contributed by atoms with van der Waals surface area (Å²) in [5, 5.41) is 28.0. The maximum Gasteiger partial charge on any atom is 0.341 e. The molecular weight excluding hydrogens is 857 g/mol. The Morgan fingerprint density at radius 3 is 2.10 bits per heavy atom. The van der Waals surface area contributed by atoms with Crippen molar-refractivity contribution in [2.75, 3.05) is 26.3 Å². The number of aliphatic carboxylic acids is 2. The summed E-state index contributed by atoms with van der Waals surface area (Å²) in [5.74, 6) is -2.28. The average Bonchev–Trinajstić information content (AvgIpc) is 3.94. The van der Waals surface area contributed by atoms with Crippen molar-refractivity contribution in [3.8, 4) is 22.9 Å². The van der Waals surface area contributed by atoms with Gasteiger partial charge in [-0.25, -0.2) is 14.6 Å². The van der Waals surface area contributed by atoms with Crippen molar-refractivity contribution in [3.05, 3.63) is 149 Å². The van der Waals surface area contributed by atoms with Crippen LogP contribution in [0.15, 0.2) is 121 Å². The average molecular weight is 905 g/mol. The molecule has 1 aliphatic rings. The molecular formula is C51H48N6O10. The Morgan fingerprint density at radius 1 is 0.701 bits per heavy atom. The highest BCUT2D eigenvalue weighted by Crippen LogP contribution is 2.37. The Morgan fingerprint density at radius 2 is 1.37 bits per heavy atom. The number of aromatic amines is 1. The first-order valence-electron chi connectivity index (χ1n) is 22.0. The third kappa shape index (κ3) is 11.0. The quantitative estimate of drug-likeness (QED) is 0.0368. The van der Waals surface area contributed by atoms with E-state index in [1.54, 1.807) is 97.2 Å². The van der Waals surface area contributed by atoms with E-state index in [9.17, 15) is 33.9 Å². The van der Waals surface area contributed by atoms with Gasteiger partial charge in [-0.05, 0) is 91.2 Å². The second-order valence-corrected chi connectivity index (χ2v) is 16.3. The fourth-order valence-electron chi connectivity index (χ4n) is 8.28. The van der Waals surface area contributed by atoms with Crippen LogP contribution < -0.4 is 25.4 Å². The van der Waals surface area contributed by atoms with E-state index >= 15 is 0 Å². The van der Waals surface area contributed by atoms with Gasteiger partial charge in [0.25, 0.3) is 17.7 Å². The van der Waals surface area contributed by atoms with E-state index in [1.165, 1.54) is 0 Å². The number of hydrogen-bond donors (Lipinski definition) is 6. The first kappa shape index (κ1) is 45.3. The second kappa shape index (κ2) is 20.7. The van der Waals surface area contributed by atoms with E-state index in [-0.39, 0.29) is 55.3 Å². The number of ether oxygens (including phenoxy) is 2. The summed E-state index contributed by atoms with van der Waals surface area (Å²) in [5.41, 5.74) is 5.20. The molecule has 3 amide bonds. The number of benzene rings is 5. The summed E-state index contributed by atoms with van der Waals surface area (Å²) in [4.78, 5) is 83.2. The topological polar surface area (TPSA) is 231 Å².